The molecule has 0 spiro atoms. The van der Waals surface area contributed by atoms with Gasteiger partial charge in [-0.2, -0.15) is 0 Å². The molecule has 1 aliphatic heterocycles. The second kappa shape index (κ2) is 9.40. The molecule has 3 rings (SSSR count). The van der Waals surface area contributed by atoms with Crippen LogP contribution < -0.4 is 10.6 Å². The Morgan fingerprint density at radius 3 is 2.73 bits per heavy atom. The lowest BCUT2D eigenvalue weighted by Gasteiger charge is -2.33. The molecule has 4 nitrogen and oxygen atoms in total. The van der Waals surface area contributed by atoms with Gasteiger partial charge in [-0.3, -0.25) is 4.98 Å². The molecule has 1 aromatic carbocycles. The number of hydrogen-bond donors (Lipinski definition) is 2. The zero-order valence-corrected chi connectivity index (χ0v) is 16.0. The Hall–Kier alpha value is -1.56. The number of aromatic nitrogens is 1. The molecular weight excluding hydrogens is 327 g/mol. The van der Waals surface area contributed by atoms with Crippen LogP contribution in [-0.2, 0) is 0 Å². The lowest BCUT2D eigenvalue weighted by molar-refractivity contribution is 0.256. The number of likely N-dealkylation sites (N-methyl/N-ethyl adjacent to an activating group) is 1. The number of nitrogens with zero attached hydrogens (tertiary/aromatic N) is 2. The van der Waals surface area contributed by atoms with Crippen molar-refractivity contribution >= 4 is 10.9 Å². The predicted octanol–water partition coefficient (Wildman–Crippen LogP) is 3.35. The highest BCUT2D eigenvalue weighted by atomic mass is 19.1. The maximum atomic E-state index is 13.6. The molecule has 0 radical (unpaired) electrons. The first kappa shape index (κ1) is 19.2. The highest BCUT2D eigenvalue weighted by Gasteiger charge is 2.26. The van der Waals surface area contributed by atoms with Crippen LogP contribution in [0.4, 0.5) is 4.39 Å². The standard InChI is InChI=1S/C21H31FN4/c1-3-26(4-2)14-13-25-21(16-7-10-23-11-8-16)19-9-12-24-20-15-17(22)5-6-18(19)20/h5-6,9,12,15-16,21,23,25H,3-4,7-8,10-11,13-14H2,1-2H3. The average Bonchev–Trinajstić information content (AvgIpc) is 2.68. The van der Waals surface area contributed by atoms with Crippen molar-refractivity contribution in [2.45, 2.75) is 32.7 Å². The molecule has 26 heavy (non-hydrogen) atoms. The van der Waals surface area contributed by atoms with E-state index in [4.69, 9.17) is 0 Å². The molecule has 0 saturated carbocycles. The van der Waals surface area contributed by atoms with E-state index in [9.17, 15) is 4.39 Å². The van der Waals surface area contributed by atoms with Crippen LogP contribution in [0.1, 0.15) is 38.3 Å². The number of rotatable bonds is 8. The van der Waals surface area contributed by atoms with Gasteiger partial charge < -0.3 is 15.5 Å². The van der Waals surface area contributed by atoms with Crippen molar-refractivity contribution in [2.75, 3.05) is 39.3 Å². The van der Waals surface area contributed by atoms with E-state index in [0.29, 0.717) is 5.92 Å². The van der Waals surface area contributed by atoms with Crippen LogP contribution in [0.2, 0.25) is 0 Å². The molecule has 2 N–H and O–H groups in total. The zero-order chi connectivity index (χ0) is 18.4. The van der Waals surface area contributed by atoms with E-state index in [2.05, 4.69) is 40.4 Å². The van der Waals surface area contributed by atoms with Crippen LogP contribution in [0.3, 0.4) is 0 Å². The van der Waals surface area contributed by atoms with Crippen molar-refractivity contribution in [3.8, 4) is 0 Å². The monoisotopic (exact) mass is 358 g/mol. The molecule has 1 fully saturated rings. The number of halogens is 1. The lowest BCUT2D eigenvalue weighted by atomic mass is 9.84. The Labute approximate surface area is 156 Å². The SMILES string of the molecule is CCN(CC)CCNC(c1ccnc2cc(F)ccc12)C1CCNCC1. The van der Waals surface area contributed by atoms with Gasteiger partial charge in [0.2, 0.25) is 0 Å². The molecule has 1 aliphatic rings. The van der Waals surface area contributed by atoms with E-state index >= 15 is 0 Å². The number of hydrogen-bond acceptors (Lipinski definition) is 4. The molecule has 5 heteroatoms. The third kappa shape index (κ3) is 4.58. The summed E-state index contributed by atoms with van der Waals surface area (Å²) in [5, 5.41) is 8.34. The second-order valence-corrected chi connectivity index (χ2v) is 7.11. The van der Waals surface area contributed by atoms with E-state index in [0.717, 1.165) is 63.0 Å². The summed E-state index contributed by atoms with van der Waals surface area (Å²) in [7, 11) is 0. The largest absolute Gasteiger partial charge is 0.317 e. The number of nitrogens with one attached hydrogen (secondary N) is 2. The van der Waals surface area contributed by atoms with Crippen molar-refractivity contribution in [1.82, 2.24) is 20.5 Å². The Bertz CT molecular complexity index is 695. The highest BCUT2D eigenvalue weighted by Crippen LogP contribution is 2.32. The highest BCUT2D eigenvalue weighted by molar-refractivity contribution is 5.82. The van der Waals surface area contributed by atoms with E-state index < -0.39 is 0 Å². The number of benzene rings is 1. The van der Waals surface area contributed by atoms with Crippen LogP contribution in [0, 0.1) is 11.7 Å². The first-order chi connectivity index (χ1) is 12.7. The summed E-state index contributed by atoms with van der Waals surface area (Å²) in [5.74, 6) is 0.360. The molecule has 1 unspecified atom stereocenters. The molecular formula is C21H31FN4. The summed E-state index contributed by atoms with van der Waals surface area (Å²) < 4.78 is 13.6. The minimum Gasteiger partial charge on any atom is -0.317 e. The number of fused-ring (bicyclic) bond motifs is 1. The fourth-order valence-electron chi connectivity index (χ4n) is 4.04. The summed E-state index contributed by atoms with van der Waals surface area (Å²) in [6.45, 7) is 10.7. The molecule has 0 bridgehead atoms. The van der Waals surface area contributed by atoms with E-state index in [1.807, 2.05) is 12.3 Å². The van der Waals surface area contributed by atoms with Crippen molar-refractivity contribution < 1.29 is 4.39 Å². The maximum Gasteiger partial charge on any atom is 0.125 e. The van der Waals surface area contributed by atoms with Crippen molar-refractivity contribution in [2.24, 2.45) is 5.92 Å². The first-order valence-corrected chi connectivity index (χ1v) is 9.93. The minimum atomic E-state index is -0.227. The summed E-state index contributed by atoms with van der Waals surface area (Å²) in [6, 6.07) is 7.35. The molecule has 1 saturated heterocycles. The van der Waals surface area contributed by atoms with Crippen LogP contribution in [0.15, 0.2) is 30.5 Å². The van der Waals surface area contributed by atoms with Gasteiger partial charge in [0.05, 0.1) is 5.52 Å². The molecule has 0 amide bonds. The van der Waals surface area contributed by atoms with Gasteiger partial charge >= 0.3 is 0 Å². The van der Waals surface area contributed by atoms with Gasteiger partial charge in [-0.25, -0.2) is 4.39 Å². The number of pyridine rings is 1. The fraction of sp³-hybridized carbons (Fsp3) is 0.571. The predicted molar refractivity (Wildman–Crippen MR) is 106 cm³/mol. The van der Waals surface area contributed by atoms with Gasteiger partial charge in [0.15, 0.2) is 0 Å². The second-order valence-electron chi connectivity index (χ2n) is 7.11. The number of piperidine rings is 1. The van der Waals surface area contributed by atoms with E-state index in [1.165, 1.54) is 11.6 Å². The summed E-state index contributed by atoms with van der Waals surface area (Å²) >= 11 is 0. The Morgan fingerprint density at radius 1 is 1.23 bits per heavy atom. The molecule has 0 aliphatic carbocycles. The third-order valence-electron chi connectivity index (χ3n) is 5.62. The Balaban J connectivity index is 1.85. The van der Waals surface area contributed by atoms with Crippen LogP contribution in [0.25, 0.3) is 10.9 Å². The maximum absolute atomic E-state index is 13.6. The van der Waals surface area contributed by atoms with Gasteiger partial charge in [-0.1, -0.05) is 13.8 Å². The van der Waals surface area contributed by atoms with E-state index in [-0.39, 0.29) is 11.9 Å². The molecule has 1 atom stereocenters. The van der Waals surface area contributed by atoms with Gasteiger partial charge in [0.25, 0.3) is 0 Å². The van der Waals surface area contributed by atoms with Crippen molar-refractivity contribution in [1.29, 1.82) is 0 Å². The smallest absolute Gasteiger partial charge is 0.125 e. The van der Waals surface area contributed by atoms with Gasteiger partial charge in [0, 0.05) is 36.8 Å². The van der Waals surface area contributed by atoms with Gasteiger partial charge in [-0.05, 0) is 68.7 Å². The van der Waals surface area contributed by atoms with Crippen LogP contribution in [-0.4, -0.2) is 49.2 Å². The van der Waals surface area contributed by atoms with Crippen molar-refractivity contribution in [3.05, 3.63) is 41.8 Å². The normalized spacial score (nSPS) is 17.1. The molecule has 142 valence electrons. The minimum absolute atomic E-state index is 0.227. The van der Waals surface area contributed by atoms with Gasteiger partial charge in [-0.15, -0.1) is 0 Å². The first-order valence-electron chi connectivity index (χ1n) is 9.93. The van der Waals surface area contributed by atoms with Crippen LogP contribution >= 0.6 is 0 Å². The Kier molecular flexibility index (Phi) is 6.94. The van der Waals surface area contributed by atoms with Gasteiger partial charge in [0.1, 0.15) is 5.82 Å². The molecule has 2 heterocycles. The fourth-order valence-corrected chi connectivity index (χ4v) is 4.04. The van der Waals surface area contributed by atoms with Crippen LogP contribution in [0.5, 0.6) is 0 Å². The Morgan fingerprint density at radius 2 is 2.00 bits per heavy atom. The quantitative estimate of drug-likeness (QED) is 0.759. The third-order valence-corrected chi connectivity index (χ3v) is 5.62. The molecule has 1 aromatic heterocycles. The average molecular weight is 359 g/mol. The topological polar surface area (TPSA) is 40.2 Å². The van der Waals surface area contributed by atoms with E-state index in [1.54, 1.807) is 6.07 Å². The van der Waals surface area contributed by atoms with Crippen molar-refractivity contribution in [3.63, 3.8) is 0 Å². The summed E-state index contributed by atoms with van der Waals surface area (Å²) in [4.78, 5) is 6.81. The molecule has 2 aromatic rings. The summed E-state index contributed by atoms with van der Waals surface area (Å²) in [6.07, 6.45) is 4.14. The zero-order valence-electron chi connectivity index (χ0n) is 16.0. The summed E-state index contributed by atoms with van der Waals surface area (Å²) in [5.41, 5.74) is 1.99. The lowest BCUT2D eigenvalue weighted by Crippen LogP contribution is -2.39.